The molecule has 0 rings (SSSR count). The number of hydrogen-bond acceptors (Lipinski definition) is 9. The molecule has 0 spiro atoms. The lowest BCUT2D eigenvalue weighted by molar-refractivity contribution is -0.223. The Labute approximate surface area is 249 Å². The van der Waals surface area contributed by atoms with Gasteiger partial charge in [0.15, 0.2) is 0 Å². The van der Waals surface area contributed by atoms with E-state index in [4.69, 9.17) is 28.0 Å². The Bertz CT molecular complexity index is 743. The van der Waals surface area contributed by atoms with Crippen LogP contribution in [0.2, 0.25) is 0 Å². The summed E-state index contributed by atoms with van der Waals surface area (Å²) in [6.45, 7) is 15.6. The lowest BCUT2D eigenvalue weighted by atomic mass is 10.2. The van der Waals surface area contributed by atoms with Gasteiger partial charge >= 0.3 is 19.5 Å². The highest BCUT2D eigenvalue weighted by atomic mass is 31.2. The first-order valence-corrected chi connectivity index (χ1v) is 17.3. The molecule has 0 saturated carbocycles. The molecule has 0 saturated heterocycles. The fourth-order valence-electron chi connectivity index (χ4n) is 3.84. The molecule has 0 heterocycles. The highest BCUT2D eigenvalue weighted by Crippen LogP contribution is 2.56. The van der Waals surface area contributed by atoms with E-state index < -0.39 is 38.1 Å². The van der Waals surface area contributed by atoms with Crippen LogP contribution in [0.5, 0.6) is 0 Å². The van der Waals surface area contributed by atoms with Crippen molar-refractivity contribution in [2.45, 2.75) is 149 Å². The van der Waals surface area contributed by atoms with Crippen molar-refractivity contribution in [2.24, 2.45) is 0 Å². The third-order valence-electron chi connectivity index (χ3n) is 6.23. The van der Waals surface area contributed by atoms with Crippen molar-refractivity contribution in [1.29, 1.82) is 0 Å². The van der Waals surface area contributed by atoms with Gasteiger partial charge in [-0.25, -0.2) is 9.59 Å². The first-order valence-electron chi connectivity index (χ1n) is 15.7. The first kappa shape index (κ1) is 39.5. The standard InChI is InChI=1S/C31H57O9P/c1-7-13-17-21-25-35-31(39-29(23-19-15-9-3)37-27(32)11-5)41(34,36-26-22-18-14-8-2)40-30(24-20-16-10-4)38-28(33)12-6/h11-12,29-31H,5-10,13-26H2,1-4H3. The highest BCUT2D eigenvalue weighted by Gasteiger charge is 2.43. The number of rotatable bonds is 29. The van der Waals surface area contributed by atoms with Gasteiger partial charge < -0.3 is 23.5 Å². The summed E-state index contributed by atoms with van der Waals surface area (Å²) >= 11 is 0. The fraction of sp³-hybridized carbons (Fsp3) is 0.806. The zero-order valence-electron chi connectivity index (χ0n) is 26.2. The van der Waals surface area contributed by atoms with Crippen molar-refractivity contribution in [3.05, 3.63) is 25.3 Å². The Hall–Kier alpha value is -1.51. The molecule has 0 aromatic heterocycles. The molecule has 0 radical (unpaired) electrons. The van der Waals surface area contributed by atoms with Crippen LogP contribution in [0.4, 0.5) is 0 Å². The molecule has 4 unspecified atom stereocenters. The van der Waals surface area contributed by atoms with Gasteiger partial charge in [-0.3, -0.25) is 9.09 Å². The van der Waals surface area contributed by atoms with Crippen LogP contribution in [-0.2, 0) is 42.1 Å². The minimum Gasteiger partial charge on any atom is -0.432 e. The van der Waals surface area contributed by atoms with Gasteiger partial charge in [-0.15, -0.1) is 0 Å². The first-order chi connectivity index (χ1) is 19.8. The molecule has 4 atom stereocenters. The highest BCUT2D eigenvalue weighted by molar-refractivity contribution is 7.54. The minimum absolute atomic E-state index is 0.139. The zero-order chi connectivity index (χ0) is 30.8. The average molecular weight is 605 g/mol. The monoisotopic (exact) mass is 604 g/mol. The van der Waals surface area contributed by atoms with E-state index >= 15 is 0 Å². The summed E-state index contributed by atoms with van der Waals surface area (Å²) in [4.78, 5) is 24.2. The average Bonchev–Trinajstić information content (AvgIpc) is 2.96. The maximum absolute atomic E-state index is 14.5. The maximum Gasteiger partial charge on any atom is 0.389 e. The lowest BCUT2D eigenvalue weighted by Crippen LogP contribution is -2.32. The number of esters is 2. The largest absolute Gasteiger partial charge is 0.432 e. The van der Waals surface area contributed by atoms with Crippen molar-refractivity contribution in [3.8, 4) is 0 Å². The van der Waals surface area contributed by atoms with Gasteiger partial charge in [-0.2, -0.15) is 0 Å². The summed E-state index contributed by atoms with van der Waals surface area (Å²) in [7, 11) is -4.22. The molecule has 0 aliphatic carbocycles. The molecule has 0 aliphatic heterocycles. The van der Waals surface area contributed by atoms with Crippen molar-refractivity contribution >= 4 is 19.5 Å². The molecule has 0 amide bonds. The fourth-order valence-corrected chi connectivity index (χ4v) is 5.55. The van der Waals surface area contributed by atoms with Gasteiger partial charge in [0.1, 0.15) is 0 Å². The second-order valence-corrected chi connectivity index (χ2v) is 12.0. The van der Waals surface area contributed by atoms with Crippen LogP contribution < -0.4 is 0 Å². The van der Waals surface area contributed by atoms with Gasteiger partial charge in [0.2, 0.25) is 12.6 Å². The molecule has 9 nitrogen and oxygen atoms in total. The molecule has 41 heavy (non-hydrogen) atoms. The van der Waals surface area contributed by atoms with Crippen LogP contribution >= 0.6 is 7.60 Å². The molecule has 0 N–H and O–H groups in total. The van der Waals surface area contributed by atoms with Crippen molar-refractivity contribution < 1.29 is 42.1 Å². The summed E-state index contributed by atoms with van der Waals surface area (Å²) in [6, 6.07) is -1.49. The number of carbonyl (C=O) groups excluding carboxylic acids is 2. The van der Waals surface area contributed by atoms with E-state index in [9.17, 15) is 14.2 Å². The summed E-state index contributed by atoms with van der Waals surface area (Å²) in [5.41, 5.74) is 0. The van der Waals surface area contributed by atoms with Crippen LogP contribution in [0, 0.1) is 0 Å². The van der Waals surface area contributed by atoms with Crippen molar-refractivity contribution in [2.75, 3.05) is 13.2 Å². The molecule has 0 aromatic carbocycles. The molecule has 240 valence electrons. The molecule has 0 aromatic rings. The van der Waals surface area contributed by atoms with Crippen LogP contribution in [-0.4, -0.2) is 43.8 Å². The molecule has 0 bridgehead atoms. The van der Waals surface area contributed by atoms with E-state index in [1.165, 1.54) is 0 Å². The van der Waals surface area contributed by atoms with Crippen LogP contribution in [0.3, 0.4) is 0 Å². The Balaban J connectivity index is 6.20. The maximum atomic E-state index is 14.5. The predicted octanol–water partition coefficient (Wildman–Crippen LogP) is 8.96. The van der Waals surface area contributed by atoms with E-state index in [-0.39, 0.29) is 13.2 Å². The lowest BCUT2D eigenvalue weighted by Gasteiger charge is -2.32. The molecule has 0 fully saturated rings. The molecule has 10 heteroatoms. The Morgan fingerprint density at radius 3 is 1.63 bits per heavy atom. The van der Waals surface area contributed by atoms with E-state index in [0.717, 1.165) is 76.4 Å². The van der Waals surface area contributed by atoms with E-state index in [1.807, 2.05) is 0 Å². The summed E-state index contributed by atoms with van der Waals surface area (Å²) < 4.78 is 49.4. The van der Waals surface area contributed by atoms with E-state index in [0.29, 0.717) is 38.5 Å². The normalized spacial score (nSPS) is 14.9. The van der Waals surface area contributed by atoms with E-state index in [2.05, 4.69) is 40.9 Å². The predicted molar refractivity (Wildman–Crippen MR) is 162 cm³/mol. The van der Waals surface area contributed by atoms with Crippen molar-refractivity contribution in [1.82, 2.24) is 0 Å². The van der Waals surface area contributed by atoms with Crippen LogP contribution in [0.1, 0.15) is 130 Å². The number of carbonyl (C=O) groups is 2. The molecular weight excluding hydrogens is 547 g/mol. The third kappa shape index (κ3) is 20.1. The topological polar surface area (TPSA) is 107 Å². The summed E-state index contributed by atoms with van der Waals surface area (Å²) in [6.07, 6.45) is 12.9. The van der Waals surface area contributed by atoms with E-state index in [1.54, 1.807) is 0 Å². The quantitative estimate of drug-likeness (QED) is 0.0272. The SMILES string of the molecule is C=CC(=O)OC(CCCCC)OC(OCCCCCC)P(=O)(OCCCCCC)OC(CCCCC)OC(=O)C=C. The minimum atomic E-state index is -4.22. The molecule has 0 aliphatic rings. The second kappa shape index (κ2) is 26.1. The third-order valence-corrected chi connectivity index (χ3v) is 8.09. The summed E-state index contributed by atoms with van der Waals surface area (Å²) in [5.74, 6) is -1.36. The zero-order valence-corrected chi connectivity index (χ0v) is 27.0. The second-order valence-electron chi connectivity index (χ2n) is 10.0. The number of unbranched alkanes of at least 4 members (excludes halogenated alkanes) is 10. The Kier molecular flexibility index (Phi) is 25.2. The van der Waals surface area contributed by atoms with Crippen LogP contribution in [0.15, 0.2) is 25.3 Å². The Morgan fingerprint density at radius 1 is 0.659 bits per heavy atom. The molecular formula is C31H57O9P. The van der Waals surface area contributed by atoms with Gasteiger partial charge in [0.05, 0.1) is 13.2 Å². The number of ether oxygens (including phenoxy) is 4. The van der Waals surface area contributed by atoms with Gasteiger partial charge in [0, 0.05) is 25.0 Å². The smallest absolute Gasteiger partial charge is 0.389 e. The van der Waals surface area contributed by atoms with Crippen LogP contribution in [0.25, 0.3) is 0 Å². The van der Waals surface area contributed by atoms with Gasteiger partial charge in [-0.1, -0.05) is 105 Å². The Morgan fingerprint density at radius 2 is 1.12 bits per heavy atom. The summed E-state index contributed by atoms with van der Waals surface area (Å²) in [5, 5.41) is 0. The van der Waals surface area contributed by atoms with Gasteiger partial charge in [0.25, 0.3) is 6.03 Å². The van der Waals surface area contributed by atoms with Gasteiger partial charge in [-0.05, 0) is 25.7 Å². The van der Waals surface area contributed by atoms with Crippen molar-refractivity contribution in [3.63, 3.8) is 0 Å². The number of hydrogen-bond donors (Lipinski definition) is 0.